The number of carbonyl (C=O) groups excluding carboxylic acids is 1. The first-order valence-electron chi connectivity index (χ1n) is 8.43. The van der Waals surface area contributed by atoms with Crippen molar-refractivity contribution in [1.82, 2.24) is 14.8 Å². The summed E-state index contributed by atoms with van der Waals surface area (Å²) in [7, 11) is 0. The lowest BCUT2D eigenvalue weighted by molar-refractivity contribution is -0.113. The van der Waals surface area contributed by atoms with Gasteiger partial charge in [-0.1, -0.05) is 47.7 Å². The SMILES string of the molecule is Cc1ccc(-n2c(C)nnc2SCC(=O)Nc2c(C)cccc2C)cc1. The van der Waals surface area contributed by atoms with Gasteiger partial charge in [0.2, 0.25) is 5.91 Å². The van der Waals surface area contributed by atoms with Crippen LogP contribution in [0.15, 0.2) is 47.6 Å². The molecular weight excluding hydrogens is 344 g/mol. The number of hydrogen-bond acceptors (Lipinski definition) is 4. The summed E-state index contributed by atoms with van der Waals surface area (Å²) in [5.74, 6) is 1.02. The van der Waals surface area contributed by atoms with E-state index in [2.05, 4.69) is 34.6 Å². The van der Waals surface area contributed by atoms with Crippen molar-refractivity contribution in [2.24, 2.45) is 0 Å². The molecule has 3 aromatic rings. The Balaban J connectivity index is 1.72. The lowest BCUT2D eigenvalue weighted by Crippen LogP contribution is -2.16. The third kappa shape index (κ3) is 3.96. The maximum Gasteiger partial charge on any atom is 0.234 e. The van der Waals surface area contributed by atoms with Gasteiger partial charge in [0, 0.05) is 11.4 Å². The highest BCUT2D eigenvalue weighted by molar-refractivity contribution is 7.99. The minimum Gasteiger partial charge on any atom is -0.325 e. The van der Waals surface area contributed by atoms with E-state index in [1.807, 2.05) is 55.7 Å². The number of aromatic nitrogens is 3. The van der Waals surface area contributed by atoms with Crippen LogP contribution in [0.2, 0.25) is 0 Å². The molecule has 3 rings (SSSR count). The van der Waals surface area contributed by atoms with Crippen molar-refractivity contribution in [3.8, 4) is 5.69 Å². The molecule has 0 atom stereocenters. The zero-order valence-electron chi connectivity index (χ0n) is 15.4. The Morgan fingerprint density at radius 1 is 1.00 bits per heavy atom. The van der Waals surface area contributed by atoms with Crippen molar-refractivity contribution in [3.05, 3.63) is 65.0 Å². The van der Waals surface area contributed by atoms with Crippen molar-refractivity contribution in [1.29, 1.82) is 0 Å². The summed E-state index contributed by atoms with van der Waals surface area (Å²) in [4.78, 5) is 12.4. The summed E-state index contributed by atoms with van der Waals surface area (Å²) in [6.07, 6.45) is 0. The Morgan fingerprint density at radius 3 is 2.31 bits per heavy atom. The topological polar surface area (TPSA) is 59.8 Å². The summed E-state index contributed by atoms with van der Waals surface area (Å²) in [6, 6.07) is 14.1. The second kappa shape index (κ2) is 7.74. The quantitative estimate of drug-likeness (QED) is 0.687. The van der Waals surface area contributed by atoms with Crippen LogP contribution in [0.5, 0.6) is 0 Å². The predicted molar refractivity (Wildman–Crippen MR) is 106 cm³/mol. The van der Waals surface area contributed by atoms with Gasteiger partial charge in [-0.15, -0.1) is 10.2 Å². The number of aryl methyl sites for hydroxylation is 4. The van der Waals surface area contributed by atoms with Crippen molar-refractivity contribution in [2.45, 2.75) is 32.9 Å². The first-order valence-corrected chi connectivity index (χ1v) is 9.42. The first-order chi connectivity index (χ1) is 12.5. The van der Waals surface area contributed by atoms with Crippen LogP contribution in [-0.4, -0.2) is 26.4 Å². The van der Waals surface area contributed by atoms with E-state index in [0.717, 1.165) is 28.3 Å². The zero-order chi connectivity index (χ0) is 18.7. The summed E-state index contributed by atoms with van der Waals surface area (Å²) < 4.78 is 1.97. The van der Waals surface area contributed by atoms with Crippen molar-refractivity contribution in [3.63, 3.8) is 0 Å². The summed E-state index contributed by atoms with van der Waals surface area (Å²) >= 11 is 1.38. The van der Waals surface area contributed by atoms with Crippen LogP contribution >= 0.6 is 11.8 Å². The molecule has 0 saturated carbocycles. The number of amides is 1. The Morgan fingerprint density at radius 2 is 1.65 bits per heavy atom. The highest BCUT2D eigenvalue weighted by atomic mass is 32.2. The molecule has 0 radical (unpaired) electrons. The van der Waals surface area contributed by atoms with Gasteiger partial charge in [0.05, 0.1) is 5.75 Å². The monoisotopic (exact) mass is 366 g/mol. The second-order valence-corrected chi connectivity index (χ2v) is 7.25. The van der Waals surface area contributed by atoms with Crippen molar-refractivity contribution < 1.29 is 4.79 Å². The van der Waals surface area contributed by atoms with Gasteiger partial charge in [0.1, 0.15) is 5.82 Å². The van der Waals surface area contributed by atoms with Gasteiger partial charge < -0.3 is 5.32 Å². The molecule has 1 aromatic heterocycles. The molecule has 26 heavy (non-hydrogen) atoms. The Labute approximate surface area is 157 Å². The van der Waals surface area contributed by atoms with E-state index in [1.165, 1.54) is 17.3 Å². The molecule has 5 nitrogen and oxygen atoms in total. The molecule has 0 fully saturated rings. The average Bonchev–Trinajstić information content (AvgIpc) is 2.98. The number of anilines is 1. The number of rotatable bonds is 5. The second-order valence-electron chi connectivity index (χ2n) is 6.30. The molecule has 6 heteroatoms. The number of nitrogens with zero attached hydrogens (tertiary/aromatic N) is 3. The maximum atomic E-state index is 12.4. The molecule has 0 spiro atoms. The number of carbonyl (C=O) groups is 1. The van der Waals surface area contributed by atoms with Crippen LogP contribution in [0.1, 0.15) is 22.5 Å². The Bertz CT molecular complexity index is 911. The van der Waals surface area contributed by atoms with Gasteiger partial charge in [-0.3, -0.25) is 9.36 Å². The molecule has 2 aromatic carbocycles. The third-order valence-corrected chi connectivity index (χ3v) is 5.09. The summed E-state index contributed by atoms with van der Waals surface area (Å²) in [5.41, 5.74) is 5.19. The van der Waals surface area contributed by atoms with Gasteiger partial charge >= 0.3 is 0 Å². The number of thioether (sulfide) groups is 1. The predicted octanol–water partition coefficient (Wildman–Crippen LogP) is 4.23. The number of hydrogen-bond donors (Lipinski definition) is 1. The Kier molecular flexibility index (Phi) is 5.42. The zero-order valence-corrected chi connectivity index (χ0v) is 16.2. The average molecular weight is 366 g/mol. The largest absolute Gasteiger partial charge is 0.325 e. The van der Waals surface area contributed by atoms with E-state index in [-0.39, 0.29) is 11.7 Å². The van der Waals surface area contributed by atoms with E-state index < -0.39 is 0 Å². The molecule has 0 saturated heterocycles. The molecule has 1 amide bonds. The molecule has 0 aliphatic heterocycles. The van der Waals surface area contributed by atoms with Gasteiger partial charge in [0.25, 0.3) is 0 Å². The minimum atomic E-state index is -0.0523. The molecule has 1 heterocycles. The van der Waals surface area contributed by atoms with Crippen molar-refractivity contribution >= 4 is 23.4 Å². The van der Waals surface area contributed by atoms with Gasteiger partial charge in [-0.25, -0.2) is 0 Å². The van der Waals surface area contributed by atoms with Crippen LogP contribution in [0.25, 0.3) is 5.69 Å². The molecule has 0 bridgehead atoms. The lowest BCUT2D eigenvalue weighted by atomic mass is 10.1. The summed E-state index contributed by atoms with van der Waals surface area (Å²) in [5, 5.41) is 12.1. The van der Waals surface area contributed by atoms with Gasteiger partial charge in [-0.05, 0) is 51.0 Å². The fourth-order valence-corrected chi connectivity index (χ4v) is 3.54. The maximum absolute atomic E-state index is 12.4. The fourth-order valence-electron chi connectivity index (χ4n) is 2.74. The number of para-hydroxylation sites is 1. The van der Waals surface area contributed by atoms with E-state index in [1.54, 1.807) is 0 Å². The highest BCUT2D eigenvalue weighted by Crippen LogP contribution is 2.23. The molecule has 1 N–H and O–H groups in total. The van der Waals surface area contributed by atoms with Crippen LogP contribution in [0.4, 0.5) is 5.69 Å². The van der Waals surface area contributed by atoms with E-state index in [4.69, 9.17) is 0 Å². The number of benzene rings is 2. The fraction of sp³-hybridized carbons (Fsp3) is 0.250. The molecule has 0 unspecified atom stereocenters. The van der Waals surface area contributed by atoms with Crippen LogP contribution in [0.3, 0.4) is 0 Å². The van der Waals surface area contributed by atoms with Gasteiger partial charge in [0.15, 0.2) is 5.16 Å². The standard InChI is InChI=1S/C20H22N4OS/c1-13-8-10-17(11-9-13)24-16(4)22-23-20(24)26-12-18(25)21-19-14(2)6-5-7-15(19)3/h5-11H,12H2,1-4H3,(H,21,25). The minimum absolute atomic E-state index is 0.0523. The molecule has 0 aliphatic rings. The first kappa shape index (κ1) is 18.2. The Hall–Kier alpha value is -2.60. The smallest absolute Gasteiger partial charge is 0.234 e. The van der Waals surface area contributed by atoms with Crippen molar-refractivity contribution in [2.75, 3.05) is 11.1 Å². The highest BCUT2D eigenvalue weighted by Gasteiger charge is 2.14. The third-order valence-electron chi connectivity index (χ3n) is 4.17. The molecule has 0 aliphatic carbocycles. The van der Waals surface area contributed by atoms with Gasteiger partial charge in [-0.2, -0.15) is 0 Å². The normalized spacial score (nSPS) is 10.8. The lowest BCUT2D eigenvalue weighted by Gasteiger charge is -2.12. The molecular formula is C20H22N4OS. The summed E-state index contributed by atoms with van der Waals surface area (Å²) in [6.45, 7) is 7.95. The van der Waals surface area contributed by atoms with Crippen LogP contribution < -0.4 is 5.32 Å². The van der Waals surface area contributed by atoms with Crippen LogP contribution in [-0.2, 0) is 4.79 Å². The van der Waals surface area contributed by atoms with Crippen LogP contribution in [0, 0.1) is 27.7 Å². The van der Waals surface area contributed by atoms with E-state index in [9.17, 15) is 4.79 Å². The van der Waals surface area contributed by atoms with E-state index in [0.29, 0.717) is 5.16 Å². The van der Waals surface area contributed by atoms with E-state index >= 15 is 0 Å². The molecule has 134 valence electrons. The number of nitrogens with one attached hydrogen (secondary N) is 1.